The summed E-state index contributed by atoms with van der Waals surface area (Å²) in [5.41, 5.74) is 4.94. The van der Waals surface area contributed by atoms with Crippen molar-refractivity contribution in [3.63, 3.8) is 0 Å². The van der Waals surface area contributed by atoms with Crippen LogP contribution in [0.25, 0.3) is 0 Å². The standard InChI is InChI=1S/C18H24N2O2S/c1-11-12(2)17-15(13(3)16(11)21-5)10-14(22-17)6-9-23-18-19-7-8-20(18)4/h7-8,14H,6,9-10H2,1-5H3. The van der Waals surface area contributed by atoms with E-state index in [-0.39, 0.29) is 6.10 Å². The number of imidazole rings is 1. The van der Waals surface area contributed by atoms with Gasteiger partial charge in [0, 0.05) is 37.2 Å². The molecule has 0 saturated heterocycles. The number of methoxy groups -OCH3 is 1. The van der Waals surface area contributed by atoms with Crippen molar-refractivity contribution in [2.24, 2.45) is 7.05 Å². The molecule has 0 spiro atoms. The van der Waals surface area contributed by atoms with Gasteiger partial charge in [0.1, 0.15) is 17.6 Å². The Balaban J connectivity index is 1.68. The number of benzene rings is 1. The summed E-state index contributed by atoms with van der Waals surface area (Å²) < 4.78 is 13.9. The summed E-state index contributed by atoms with van der Waals surface area (Å²) >= 11 is 1.79. The highest BCUT2D eigenvalue weighted by atomic mass is 32.2. The summed E-state index contributed by atoms with van der Waals surface area (Å²) in [4.78, 5) is 4.35. The average molecular weight is 332 g/mol. The maximum absolute atomic E-state index is 6.25. The van der Waals surface area contributed by atoms with Crippen LogP contribution in [0.1, 0.15) is 28.7 Å². The van der Waals surface area contributed by atoms with E-state index in [9.17, 15) is 0 Å². The maximum Gasteiger partial charge on any atom is 0.167 e. The normalized spacial score (nSPS) is 16.3. The molecule has 1 aromatic heterocycles. The van der Waals surface area contributed by atoms with E-state index < -0.39 is 0 Å². The van der Waals surface area contributed by atoms with Gasteiger partial charge in [0.05, 0.1) is 7.11 Å². The van der Waals surface area contributed by atoms with Crippen molar-refractivity contribution in [3.8, 4) is 11.5 Å². The summed E-state index contributed by atoms with van der Waals surface area (Å²) in [6, 6.07) is 0. The Morgan fingerprint density at radius 2 is 2.09 bits per heavy atom. The van der Waals surface area contributed by atoms with E-state index in [1.54, 1.807) is 18.9 Å². The number of hydrogen-bond donors (Lipinski definition) is 0. The lowest BCUT2D eigenvalue weighted by atomic mass is 9.96. The third kappa shape index (κ3) is 2.94. The average Bonchev–Trinajstić information content (AvgIpc) is 3.13. The Morgan fingerprint density at radius 1 is 1.30 bits per heavy atom. The predicted octanol–water partition coefficient (Wildman–Crippen LogP) is 3.84. The van der Waals surface area contributed by atoms with Crippen molar-refractivity contribution in [1.82, 2.24) is 9.55 Å². The van der Waals surface area contributed by atoms with E-state index in [2.05, 4.69) is 30.3 Å². The Bertz CT molecular complexity index is 724. The van der Waals surface area contributed by atoms with Crippen LogP contribution in [-0.2, 0) is 13.5 Å². The zero-order chi connectivity index (χ0) is 16.6. The van der Waals surface area contributed by atoms with Crippen molar-refractivity contribution in [2.75, 3.05) is 12.9 Å². The summed E-state index contributed by atoms with van der Waals surface area (Å²) in [6.07, 6.45) is 6.06. The molecule has 2 heterocycles. The Labute approximate surface area is 142 Å². The Kier molecular flexibility index (Phi) is 4.57. The fourth-order valence-electron chi connectivity index (χ4n) is 3.24. The number of ether oxygens (including phenoxy) is 2. The van der Waals surface area contributed by atoms with Gasteiger partial charge in [0.25, 0.3) is 0 Å². The Morgan fingerprint density at radius 3 is 2.74 bits per heavy atom. The first-order valence-corrected chi connectivity index (χ1v) is 8.94. The second kappa shape index (κ2) is 6.48. The molecule has 0 radical (unpaired) electrons. The number of thioether (sulfide) groups is 1. The van der Waals surface area contributed by atoms with Crippen LogP contribution in [0.15, 0.2) is 17.6 Å². The van der Waals surface area contributed by atoms with Gasteiger partial charge in [-0.15, -0.1) is 0 Å². The zero-order valence-corrected chi connectivity index (χ0v) is 15.3. The predicted molar refractivity (Wildman–Crippen MR) is 93.9 cm³/mol. The summed E-state index contributed by atoms with van der Waals surface area (Å²) in [6.45, 7) is 6.37. The number of fused-ring (bicyclic) bond motifs is 1. The van der Waals surface area contributed by atoms with Crippen LogP contribution in [0.3, 0.4) is 0 Å². The van der Waals surface area contributed by atoms with E-state index in [4.69, 9.17) is 9.47 Å². The minimum atomic E-state index is 0.252. The summed E-state index contributed by atoms with van der Waals surface area (Å²) in [5.74, 6) is 3.10. The largest absolute Gasteiger partial charge is 0.496 e. The monoisotopic (exact) mass is 332 g/mol. The highest BCUT2D eigenvalue weighted by Gasteiger charge is 2.29. The molecule has 1 unspecified atom stereocenters. The van der Waals surface area contributed by atoms with Gasteiger partial charge in [-0.25, -0.2) is 4.98 Å². The molecule has 3 rings (SSSR count). The van der Waals surface area contributed by atoms with Gasteiger partial charge in [-0.2, -0.15) is 0 Å². The van der Waals surface area contributed by atoms with Crippen LogP contribution in [-0.4, -0.2) is 28.5 Å². The molecule has 2 aromatic rings. The zero-order valence-electron chi connectivity index (χ0n) is 14.5. The molecule has 0 fully saturated rings. The molecule has 1 aliphatic heterocycles. The van der Waals surface area contributed by atoms with Crippen molar-refractivity contribution in [1.29, 1.82) is 0 Å². The lowest BCUT2D eigenvalue weighted by Gasteiger charge is -2.16. The molecular formula is C18H24N2O2S. The fraction of sp³-hybridized carbons (Fsp3) is 0.500. The first-order valence-electron chi connectivity index (χ1n) is 7.96. The van der Waals surface area contributed by atoms with E-state index >= 15 is 0 Å². The minimum Gasteiger partial charge on any atom is -0.496 e. The molecular weight excluding hydrogens is 308 g/mol. The topological polar surface area (TPSA) is 36.3 Å². The molecule has 0 bridgehead atoms. The molecule has 0 amide bonds. The van der Waals surface area contributed by atoms with E-state index in [1.807, 2.05) is 19.4 Å². The van der Waals surface area contributed by atoms with Gasteiger partial charge in [-0.3, -0.25) is 0 Å². The van der Waals surface area contributed by atoms with Gasteiger partial charge in [-0.1, -0.05) is 11.8 Å². The van der Waals surface area contributed by atoms with Gasteiger partial charge < -0.3 is 14.0 Å². The van der Waals surface area contributed by atoms with E-state index in [0.29, 0.717) is 0 Å². The van der Waals surface area contributed by atoms with Gasteiger partial charge in [-0.05, 0) is 43.9 Å². The second-order valence-electron chi connectivity index (χ2n) is 6.12. The van der Waals surface area contributed by atoms with Gasteiger partial charge in [0.2, 0.25) is 0 Å². The molecule has 23 heavy (non-hydrogen) atoms. The molecule has 1 aromatic carbocycles. The van der Waals surface area contributed by atoms with E-state index in [1.165, 1.54) is 22.3 Å². The fourth-order valence-corrected chi connectivity index (χ4v) is 4.20. The van der Waals surface area contributed by atoms with Gasteiger partial charge >= 0.3 is 0 Å². The number of aromatic nitrogens is 2. The highest BCUT2D eigenvalue weighted by molar-refractivity contribution is 7.99. The Hall–Kier alpha value is -1.62. The third-order valence-electron chi connectivity index (χ3n) is 4.68. The van der Waals surface area contributed by atoms with Crippen molar-refractivity contribution >= 4 is 11.8 Å². The number of hydrogen-bond acceptors (Lipinski definition) is 4. The molecule has 1 aliphatic rings. The van der Waals surface area contributed by atoms with Crippen LogP contribution in [0.4, 0.5) is 0 Å². The van der Waals surface area contributed by atoms with Crippen LogP contribution in [0, 0.1) is 20.8 Å². The molecule has 0 aliphatic carbocycles. The molecule has 4 nitrogen and oxygen atoms in total. The SMILES string of the molecule is COc1c(C)c(C)c2c(c1C)CC(CCSc1nccn1C)O2. The molecule has 124 valence electrons. The first-order chi connectivity index (χ1) is 11.0. The van der Waals surface area contributed by atoms with Crippen LogP contribution in [0.5, 0.6) is 11.5 Å². The quantitative estimate of drug-likeness (QED) is 0.780. The van der Waals surface area contributed by atoms with Crippen LogP contribution >= 0.6 is 11.8 Å². The smallest absolute Gasteiger partial charge is 0.167 e. The van der Waals surface area contributed by atoms with Crippen molar-refractivity contribution in [2.45, 2.75) is 44.9 Å². The third-order valence-corrected chi connectivity index (χ3v) is 5.77. The van der Waals surface area contributed by atoms with Crippen molar-refractivity contribution in [3.05, 3.63) is 34.6 Å². The number of aryl methyl sites for hydroxylation is 1. The lowest BCUT2D eigenvalue weighted by Crippen LogP contribution is -2.14. The first kappa shape index (κ1) is 16.2. The highest BCUT2D eigenvalue weighted by Crippen LogP contribution is 2.42. The number of rotatable bonds is 5. The van der Waals surface area contributed by atoms with Gasteiger partial charge in [0.15, 0.2) is 5.16 Å². The number of nitrogens with zero attached hydrogens (tertiary/aromatic N) is 2. The van der Waals surface area contributed by atoms with Crippen LogP contribution < -0.4 is 9.47 Å². The minimum absolute atomic E-state index is 0.252. The second-order valence-corrected chi connectivity index (χ2v) is 7.18. The summed E-state index contributed by atoms with van der Waals surface area (Å²) in [5, 5.41) is 1.06. The lowest BCUT2D eigenvalue weighted by molar-refractivity contribution is 0.228. The molecule has 5 heteroatoms. The molecule has 0 N–H and O–H groups in total. The summed E-state index contributed by atoms with van der Waals surface area (Å²) in [7, 11) is 3.77. The van der Waals surface area contributed by atoms with E-state index in [0.717, 1.165) is 35.2 Å². The maximum atomic E-state index is 6.25. The molecule has 0 saturated carbocycles. The van der Waals surface area contributed by atoms with Crippen molar-refractivity contribution < 1.29 is 9.47 Å². The van der Waals surface area contributed by atoms with Crippen LogP contribution in [0.2, 0.25) is 0 Å². The molecule has 1 atom stereocenters.